The Hall–Kier alpha value is -3.27. The van der Waals surface area contributed by atoms with Crippen molar-refractivity contribution in [1.82, 2.24) is 9.88 Å². The van der Waals surface area contributed by atoms with E-state index in [1.54, 1.807) is 25.3 Å². The third kappa shape index (κ3) is 5.36. The van der Waals surface area contributed by atoms with Gasteiger partial charge in [-0.1, -0.05) is 0 Å². The van der Waals surface area contributed by atoms with Crippen LogP contribution in [-0.2, 0) is 16.0 Å². The van der Waals surface area contributed by atoms with Gasteiger partial charge in [-0.25, -0.2) is 14.6 Å². The lowest BCUT2D eigenvalue weighted by molar-refractivity contribution is 0.0594. The molecule has 0 bridgehead atoms. The maximum Gasteiger partial charge on any atom is 0.360 e. The zero-order valence-corrected chi connectivity index (χ0v) is 16.2. The summed E-state index contributed by atoms with van der Waals surface area (Å²) in [6.45, 7) is 0.610. The van der Waals surface area contributed by atoms with Crippen molar-refractivity contribution in [3.63, 3.8) is 0 Å². The fraction of sp³-hybridized carbons (Fsp3) is 0.389. The summed E-state index contributed by atoms with van der Waals surface area (Å²) in [7, 11) is 5.81. The molecule has 0 saturated heterocycles. The second-order valence-electron chi connectivity index (χ2n) is 5.53. The molecule has 1 heterocycles. The van der Waals surface area contributed by atoms with E-state index < -0.39 is 12.0 Å². The molecule has 28 heavy (non-hydrogen) atoms. The standard InChI is InChI=1S/C18H23N3O7/c1-24-8-7-21(10-16-19-14(11-28-16)17(22)27-4)18(23)20-13-6-5-12(25-2)9-15(13)26-3/h5-6,9,11H,7-8,10H2,1-4H3,(H,20,23). The van der Waals surface area contributed by atoms with E-state index in [1.807, 2.05) is 0 Å². The number of hydrogen-bond acceptors (Lipinski definition) is 8. The average molecular weight is 393 g/mol. The number of benzene rings is 1. The number of oxazole rings is 1. The van der Waals surface area contributed by atoms with Crippen LogP contribution in [0.5, 0.6) is 11.5 Å². The number of nitrogens with zero attached hydrogens (tertiary/aromatic N) is 2. The normalized spacial score (nSPS) is 10.3. The van der Waals surface area contributed by atoms with Gasteiger partial charge in [-0.2, -0.15) is 0 Å². The largest absolute Gasteiger partial charge is 0.497 e. The first-order valence-corrected chi connectivity index (χ1v) is 8.32. The van der Waals surface area contributed by atoms with Crippen molar-refractivity contribution >= 4 is 17.7 Å². The SMILES string of the molecule is COCCN(Cc1nc(C(=O)OC)co1)C(=O)Nc1ccc(OC)cc1OC. The highest BCUT2D eigenvalue weighted by Gasteiger charge is 2.20. The fourth-order valence-electron chi connectivity index (χ4n) is 2.30. The number of urea groups is 1. The summed E-state index contributed by atoms with van der Waals surface area (Å²) in [6, 6.07) is 4.61. The Labute approximate surface area is 162 Å². The maximum atomic E-state index is 12.8. The molecule has 0 aliphatic rings. The lowest BCUT2D eigenvalue weighted by Crippen LogP contribution is -2.37. The number of amides is 2. The summed E-state index contributed by atoms with van der Waals surface area (Å²) in [5.41, 5.74) is 0.500. The highest BCUT2D eigenvalue weighted by atomic mass is 16.5. The van der Waals surface area contributed by atoms with Crippen LogP contribution in [0.1, 0.15) is 16.4 Å². The Bertz CT molecular complexity index is 806. The predicted molar refractivity (Wildman–Crippen MR) is 98.7 cm³/mol. The third-order valence-corrected chi connectivity index (χ3v) is 3.78. The number of nitrogens with one attached hydrogen (secondary N) is 1. The zero-order valence-electron chi connectivity index (χ0n) is 16.2. The first-order chi connectivity index (χ1) is 13.5. The molecule has 10 heteroatoms. The third-order valence-electron chi connectivity index (χ3n) is 3.78. The number of anilines is 1. The molecule has 1 N–H and O–H groups in total. The molecule has 0 fully saturated rings. The number of carbonyl (C=O) groups is 2. The van der Waals surface area contributed by atoms with Gasteiger partial charge >= 0.3 is 12.0 Å². The highest BCUT2D eigenvalue weighted by molar-refractivity contribution is 5.91. The second-order valence-corrected chi connectivity index (χ2v) is 5.53. The van der Waals surface area contributed by atoms with Gasteiger partial charge in [-0.15, -0.1) is 0 Å². The Balaban J connectivity index is 2.14. The van der Waals surface area contributed by atoms with Crippen molar-refractivity contribution in [3.05, 3.63) is 36.0 Å². The molecule has 2 aromatic rings. The monoisotopic (exact) mass is 393 g/mol. The minimum atomic E-state index is -0.620. The summed E-state index contributed by atoms with van der Waals surface area (Å²) in [6.07, 6.45) is 1.18. The molecule has 152 valence electrons. The molecule has 2 rings (SSSR count). The fourth-order valence-corrected chi connectivity index (χ4v) is 2.30. The van der Waals surface area contributed by atoms with Crippen LogP contribution in [-0.4, -0.2) is 63.5 Å². The number of methoxy groups -OCH3 is 4. The van der Waals surface area contributed by atoms with Crippen LogP contribution in [0.4, 0.5) is 10.5 Å². The van der Waals surface area contributed by atoms with Crippen molar-refractivity contribution in [2.24, 2.45) is 0 Å². The minimum absolute atomic E-state index is 0.0291. The van der Waals surface area contributed by atoms with E-state index in [9.17, 15) is 9.59 Å². The Morgan fingerprint density at radius 3 is 2.61 bits per heavy atom. The van der Waals surface area contributed by atoms with Crippen LogP contribution in [0.15, 0.2) is 28.9 Å². The summed E-state index contributed by atoms with van der Waals surface area (Å²) < 4.78 is 25.3. The molecule has 0 aliphatic heterocycles. The molecule has 1 aromatic heterocycles. The van der Waals surface area contributed by atoms with E-state index in [2.05, 4.69) is 15.0 Å². The van der Waals surface area contributed by atoms with Gasteiger partial charge in [-0.3, -0.25) is 0 Å². The molecule has 0 aliphatic carbocycles. The predicted octanol–water partition coefficient (Wildman–Crippen LogP) is 2.16. The van der Waals surface area contributed by atoms with Gasteiger partial charge in [0, 0.05) is 19.7 Å². The van der Waals surface area contributed by atoms with Crippen LogP contribution in [0, 0.1) is 0 Å². The van der Waals surface area contributed by atoms with Gasteiger partial charge in [0.25, 0.3) is 0 Å². The molecule has 0 unspecified atom stereocenters. The number of carbonyl (C=O) groups excluding carboxylic acids is 2. The van der Waals surface area contributed by atoms with E-state index >= 15 is 0 Å². The molecule has 10 nitrogen and oxygen atoms in total. The van der Waals surface area contributed by atoms with Gasteiger partial charge in [0.2, 0.25) is 5.89 Å². The van der Waals surface area contributed by atoms with Crippen LogP contribution in [0.2, 0.25) is 0 Å². The number of aromatic nitrogens is 1. The van der Waals surface area contributed by atoms with Crippen LogP contribution < -0.4 is 14.8 Å². The number of ether oxygens (including phenoxy) is 4. The van der Waals surface area contributed by atoms with Crippen LogP contribution >= 0.6 is 0 Å². The van der Waals surface area contributed by atoms with Gasteiger partial charge in [0.05, 0.1) is 40.2 Å². The van der Waals surface area contributed by atoms with Crippen LogP contribution in [0.3, 0.4) is 0 Å². The van der Waals surface area contributed by atoms with E-state index in [0.717, 1.165) is 0 Å². The Kier molecular flexibility index (Phi) is 7.64. The molecule has 0 saturated carbocycles. The molecular weight excluding hydrogens is 370 g/mol. The quantitative estimate of drug-likeness (QED) is 0.645. The molecule has 0 spiro atoms. The molecule has 0 atom stereocenters. The number of hydrogen-bond donors (Lipinski definition) is 1. The maximum absolute atomic E-state index is 12.8. The summed E-state index contributed by atoms with van der Waals surface area (Å²) in [4.78, 5) is 29.7. The van der Waals surface area contributed by atoms with Gasteiger partial charge in [0.15, 0.2) is 5.69 Å². The summed E-state index contributed by atoms with van der Waals surface area (Å²) in [5, 5.41) is 2.77. The topological polar surface area (TPSA) is 112 Å². The minimum Gasteiger partial charge on any atom is -0.497 e. The average Bonchev–Trinajstić information content (AvgIpc) is 3.19. The van der Waals surface area contributed by atoms with Crippen molar-refractivity contribution < 1.29 is 33.0 Å². The lowest BCUT2D eigenvalue weighted by atomic mass is 10.2. The van der Waals surface area contributed by atoms with E-state index in [-0.39, 0.29) is 24.7 Å². The second kappa shape index (κ2) is 10.2. The number of esters is 1. The van der Waals surface area contributed by atoms with Gasteiger partial charge in [-0.05, 0) is 12.1 Å². The van der Waals surface area contributed by atoms with Crippen molar-refractivity contribution in [1.29, 1.82) is 0 Å². The Morgan fingerprint density at radius 2 is 1.96 bits per heavy atom. The smallest absolute Gasteiger partial charge is 0.360 e. The van der Waals surface area contributed by atoms with Gasteiger partial charge in [0.1, 0.15) is 17.8 Å². The molecule has 1 aromatic carbocycles. The Morgan fingerprint density at radius 1 is 1.18 bits per heavy atom. The van der Waals surface area contributed by atoms with Crippen molar-refractivity contribution in [2.75, 3.05) is 46.9 Å². The van der Waals surface area contributed by atoms with Gasteiger partial charge < -0.3 is 33.6 Å². The summed E-state index contributed by atoms with van der Waals surface area (Å²) in [5.74, 6) is 0.615. The number of rotatable bonds is 9. The van der Waals surface area contributed by atoms with E-state index in [1.165, 1.54) is 32.5 Å². The van der Waals surface area contributed by atoms with Crippen molar-refractivity contribution in [3.8, 4) is 11.5 Å². The zero-order chi connectivity index (χ0) is 20.5. The first-order valence-electron chi connectivity index (χ1n) is 8.32. The van der Waals surface area contributed by atoms with Crippen molar-refractivity contribution in [2.45, 2.75) is 6.54 Å². The van der Waals surface area contributed by atoms with Crippen LogP contribution in [0.25, 0.3) is 0 Å². The van der Waals surface area contributed by atoms with E-state index in [4.69, 9.17) is 18.6 Å². The van der Waals surface area contributed by atoms with E-state index in [0.29, 0.717) is 23.8 Å². The summed E-state index contributed by atoms with van der Waals surface area (Å²) >= 11 is 0. The lowest BCUT2D eigenvalue weighted by Gasteiger charge is -2.22. The molecule has 2 amide bonds. The highest BCUT2D eigenvalue weighted by Crippen LogP contribution is 2.29. The molecule has 0 radical (unpaired) electrons. The first kappa shape index (κ1) is 21.0. The molecular formula is C18H23N3O7.